The van der Waals surface area contributed by atoms with E-state index in [1.54, 1.807) is 11.8 Å². The lowest BCUT2D eigenvalue weighted by Gasteiger charge is -2.47. The summed E-state index contributed by atoms with van der Waals surface area (Å²) in [6, 6.07) is 1.23. The van der Waals surface area contributed by atoms with E-state index in [4.69, 9.17) is 9.97 Å². The van der Waals surface area contributed by atoms with E-state index in [1.807, 2.05) is 0 Å². The fourth-order valence-corrected chi connectivity index (χ4v) is 6.55. The third-order valence-corrected chi connectivity index (χ3v) is 8.05. The Morgan fingerprint density at radius 2 is 2.03 bits per heavy atom. The molecule has 3 aliphatic carbocycles. The zero-order chi connectivity index (χ0) is 21.1. The van der Waals surface area contributed by atoms with Crippen LogP contribution in [0.3, 0.4) is 0 Å². The summed E-state index contributed by atoms with van der Waals surface area (Å²) >= 11 is 1.69. The number of aromatic nitrogens is 5. The van der Waals surface area contributed by atoms with Gasteiger partial charge < -0.3 is 10.4 Å². The van der Waals surface area contributed by atoms with Crippen LogP contribution in [0.1, 0.15) is 31.4 Å². The Balaban J connectivity index is 1.43. The molecule has 0 unspecified atom stereocenters. The zero-order valence-corrected chi connectivity index (χ0v) is 17.5. The molecule has 1 aliphatic heterocycles. The van der Waals surface area contributed by atoms with Crippen molar-refractivity contribution in [3.8, 4) is 11.5 Å². The minimum absolute atomic E-state index is 0.143. The Morgan fingerprint density at radius 1 is 1.23 bits per heavy atom. The summed E-state index contributed by atoms with van der Waals surface area (Å²) in [7, 11) is 0. The maximum absolute atomic E-state index is 13.8. The molecule has 3 aromatic heterocycles. The third-order valence-electron chi connectivity index (χ3n) is 6.93. The number of thioether (sulfide) groups is 1. The molecule has 0 saturated heterocycles. The van der Waals surface area contributed by atoms with Crippen LogP contribution in [0, 0.1) is 23.6 Å². The fraction of sp³-hybridized carbons (Fsp3) is 0.476. The zero-order valence-electron chi connectivity index (χ0n) is 16.6. The molecule has 0 aromatic carbocycles. The van der Waals surface area contributed by atoms with Crippen LogP contribution in [0.15, 0.2) is 17.2 Å². The number of aryl methyl sites for hydroxylation is 1. The highest BCUT2D eigenvalue weighted by Crippen LogP contribution is 2.47. The van der Waals surface area contributed by atoms with Crippen LogP contribution < -0.4 is 5.32 Å². The van der Waals surface area contributed by atoms with Gasteiger partial charge in [0.1, 0.15) is 17.3 Å². The molecule has 4 aliphatic rings. The van der Waals surface area contributed by atoms with Gasteiger partial charge in [0.05, 0.1) is 28.1 Å². The number of halogens is 1. The van der Waals surface area contributed by atoms with Crippen molar-refractivity contribution in [1.82, 2.24) is 25.1 Å². The Hall–Kier alpha value is -2.75. The standard InChI is InChI=1S/C21H21FN6O2S/c22-11-7-12-16(27-28-18(12)23-8-11)19-24-13-5-6-31-17(13)20(26-19)25-15-10-3-1-9(2-4-10)14(15)21(29)30/h7-10,14-15H,1-6H2,(H,29,30)(H,23,27,28)(H,24,25,26)/t9?,10?,14-,15-/m0/s1. The highest BCUT2D eigenvalue weighted by molar-refractivity contribution is 7.99. The van der Waals surface area contributed by atoms with E-state index in [2.05, 4.69) is 20.5 Å². The molecule has 0 radical (unpaired) electrons. The first kappa shape index (κ1) is 19.0. The number of nitrogens with zero attached hydrogens (tertiary/aromatic N) is 4. The molecule has 0 spiro atoms. The number of hydrogen-bond acceptors (Lipinski definition) is 7. The van der Waals surface area contributed by atoms with E-state index >= 15 is 0 Å². The molecule has 3 aromatic rings. The largest absolute Gasteiger partial charge is 0.481 e. The number of carboxylic acid groups (broad SMARTS) is 1. The molecule has 3 N–H and O–H groups in total. The van der Waals surface area contributed by atoms with Gasteiger partial charge in [0, 0.05) is 18.2 Å². The third kappa shape index (κ3) is 3.07. The molecule has 8 nitrogen and oxygen atoms in total. The minimum atomic E-state index is -0.730. The molecule has 31 heavy (non-hydrogen) atoms. The Kier molecular flexibility index (Phi) is 4.38. The normalized spacial score (nSPS) is 26.9. The Labute approximate surface area is 181 Å². The number of carboxylic acids is 1. The summed E-state index contributed by atoms with van der Waals surface area (Å²) in [5.41, 5.74) is 1.85. The fourth-order valence-electron chi connectivity index (χ4n) is 5.49. The molecule has 2 atom stereocenters. The van der Waals surface area contributed by atoms with Crippen LogP contribution in [0.5, 0.6) is 0 Å². The molecule has 10 heteroatoms. The molecular weight excluding hydrogens is 419 g/mol. The number of fused-ring (bicyclic) bond motifs is 5. The maximum Gasteiger partial charge on any atom is 0.308 e. The molecule has 3 saturated carbocycles. The van der Waals surface area contributed by atoms with Crippen molar-refractivity contribution in [2.45, 2.75) is 43.0 Å². The van der Waals surface area contributed by atoms with Gasteiger partial charge in [0.15, 0.2) is 11.5 Å². The van der Waals surface area contributed by atoms with Crippen LogP contribution >= 0.6 is 11.8 Å². The molecular formula is C21H21FN6O2S. The van der Waals surface area contributed by atoms with Crippen molar-refractivity contribution in [2.24, 2.45) is 17.8 Å². The summed E-state index contributed by atoms with van der Waals surface area (Å²) in [5.74, 6) is 0.968. The molecule has 4 heterocycles. The van der Waals surface area contributed by atoms with Gasteiger partial charge in [0.25, 0.3) is 0 Å². The van der Waals surface area contributed by atoms with Crippen LogP contribution in [0.25, 0.3) is 22.6 Å². The molecule has 3 fully saturated rings. The first-order valence-electron chi connectivity index (χ1n) is 10.6. The van der Waals surface area contributed by atoms with Crippen LogP contribution in [0.2, 0.25) is 0 Å². The SMILES string of the molecule is O=C(O)[C@H]1C2CCC(CC2)[C@@H]1Nc1nc(-c2[nH]nc3ncc(F)cc23)nc2c1SCC2. The number of hydrogen-bond donors (Lipinski definition) is 3. The van der Waals surface area contributed by atoms with E-state index in [1.165, 1.54) is 6.07 Å². The van der Waals surface area contributed by atoms with Gasteiger partial charge in [-0.25, -0.2) is 19.3 Å². The van der Waals surface area contributed by atoms with Gasteiger partial charge in [-0.2, -0.15) is 5.10 Å². The Bertz CT molecular complexity index is 1190. The van der Waals surface area contributed by atoms with Crippen LogP contribution in [0.4, 0.5) is 10.2 Å². The van der Waals surface area contributed by atoms with Crippen LogP contribution in [-0.2, 0) is 11.2 Å². The molecule has 0 amide bonds. The number of nitrogens with one attached hydrogen (secondary N) is 2. The summed E-state index contributed by atoms with van der Waals surface area (Å²) < 4.78 is 13.8. The summed E-state index contributed by atoms with van der Waals surface area (Å²) in [4.78, 5) is 26.6. The predicted octanol–water partition coefficient (Wildman–Crippen LogP) is 3.50. The average Bonchev–Trinajstić information content (AvgIpc) is 3.41. The topological polar surface area (TPSA) is 117 Å². The number of aromatic amines is 1. The second kappa shape index (κ2) is 7.15. The quantitative estimate of drug-likeness (QED) is 0.564. The van der Waals surface area contributed by atoms with Gasteiger partial charge in [-0.05, 0) is 43.6 Å². The van der Waals surface area contributed by atoms with Crippen LogP contribution in [-0.4, -0.2) is 48.0 Å². The van der Waals surface area contributed by atoms with Crippen molar-refractivity contribution in [1.29, 1.82) is 0 Å². The van der Waals surface area contributed by atoms with Crippen molar-refractivity contribution in [2.75, 3.05) is 11.1 Å². The van der Waals surface area contributed by atoms with E-state index in [9.17, 15) is 14.3 Å². The van der Waals surface area contributed by atoms with Gasteiger partial charge >= 0.3 is 5.97 Å². The van der Waals surface area contributed by atoms with Gasteiger partial charge in [0.2, 0.25) is 0 Å². The summed E-state index contributed by atoms with van der Waals surface area (Å²) in [5, 5.41) is 21.0. The lowest BCUT2D eigenvalue weighted by atomic mass is 9.61. The number of anilines is 1. The van der Waals surface area contributed by atoms with E-state index in [-0.39, 0.29) is 12.0 Å². The lowest BCUT2D eigenvalue weighted by molar-refractivity contribution is -0.148. The number of carbonyl (C=O) groups is 1. The predicted molar refractivity (Wildman–Crippen MR) is 113 cm³/mol. The summed E-state index contributed by atoms with van der Waals surface area (Å²) in [6.45, 7) is 0. The van der Waals surface area contributed by atoms with E-state index < -0.39 is 17.7 Å². The maximum atomic E-state index is 13.8. The highest BCUT2D eigenvalue weighted by Gasteiger charge is 2.47. The molecule has 160 valence electrons. The van der Waals surface area contributed by atoms with E-state index in [0.717, 1.165) is 54.6 Å². The first-order chi connectivity index (χ1) is 15.1. The van der Waals surface area contributed by atoms with Gasteiger partial charge in [-0.15, -0.1) is 11.8 Å². The van der Waals surface area contributed by atoms with Gasteiger partial charge in [-0.3, -0.25) is 9.89 Å². The highest BCUT2D eigenvalue weighted by atomic mass is 32.2. The summed E-state index contributed by atoms with van der Waals surface area (Å²) in [6.07, 6.45) is 6.01. The second-order valence-electron chi connectivity index (χ2n) is 8.60. The van der Waals surface area contributed by atoms with Gasteiger partial charge in [-0.1, -0.05) is 0 Å². The van der Waals surface area contributed by atoms with Crippen molar-refractivity contribution in [3.05, 3.63) is 23.8 Å². The second-order valence-corrected chi connectivity index (χ2v) is 9.71. The average molecular weight is 441 g/mol. The van der Waals surface area contributed by atoms with Crippen molar-refractivity contribution < 1.29 is 14.3 Å². The van der Waals surface area contributed by atoms with Crippen molar-refractivity contribution >= 4 is 34.6 Å². The smallest absolute Gasteiger partial charge is 0.308 e. The Morgan fingerprint density at radius 3 is 2.84 bits per heavy atom. The number of H-pyrrole nitrogens is 1. The minimum Gasteiger partial charge on any atom is -0.481 e. The van der Waals surface area contributed by atoms with Crippen molar-refractivity contribution in [3.63, 3.8) is 0 Å². The van der Waals surface area contributed by atoms with E-state index in [0.29, 0.717) is 34.3 Å². The molecule has 7 rings (SSSR count). The number of pyridine rings is 1. The lowest BCUT2D eigenvalue weighted by Crippen LogP contribution is -2.51. The number of rotatable bonds is 4. The monoisotopic (exact) mass is 440 g/mol. The first-order valence-corrected chi connectivity index (χ1v) is 11.6. The number of aliphatic carboxylic acids is 1. The molecule has 2 bridgehead atoms.